The Hall–Kier alpha value is -2.86. The molecule has 122 valence electrons. The molecule has 0 saturated heterocycles. The summed E-state index contributed by atoms with van der Waals surface area (Å²) in [5, 5.41) is 13.8. The number of aromatic nitrogens is 2. The van der Waals surface area contributed by atoms with Crippen molar-refractivity contribution in [1.29, 1.82) is 0 Å². The summed E-state index contributed by atoms with van der Waals surface area (Å²) in [7, 11) is 1.76. The number of anilines is 1. The molecule has 1 N–H and O–H groups in total. The summed E-state index contributed by atoms with van der Waals surface area (Å²) in [5.41, 5.74) is 2.02. The first-order chi connectivity index (χ1) is 11.5. The molecule has 2 aromatic carbocycles. The van der Waals surface area contributed by atoms with Gasteiger partial charge in [-0.05, 0) is 23.8 Å². The zero-order chi connectivity index (χ0) is 17.3. The molecule has 7 heteroatoms. The Bertz CT molecular complexity index is 936. The minimum absolute atomic E-state index is 0.140. The standard InChI is InChI=1S/C17H14ClN3O3/c1-20-14-8-3-2-7-13(14)16(19-20)17(24)21(18)12-6-4-5-11(9-12)10-15(22)23/h2-9H,10H2,1H3,(H,22,23). The van der Waals surface area contributed by atoms with E-state index in [1.165, 1.54) is 0 Å². The van der Waals surface area contributed by atoms with Crippen LogP contribution < -0.4 is 4.42 Å². The molecule has 0 bridgehead atoms. The summed E-state index contributed by atoms with van der Waals surface area (Å²) in [5.74, 6) is -1.42. The predicted molar refractivity (Wildman–Crippen MR) is 91.2 cm³/mol. The topological polar surface area (TPSA) is 75.4 Å². The number of amides is 1. The maximum Gasteiger partial charge on any atom is 0.307 e. The fraction of sp³-hybridized carbons (Fsp3) is 0.118. The molecular formula is C17H14ClN3O3. The molecule has 0 spiro atoms. The molecule has 0 fully saturated rings. The lowest BCUT2D eigenvalue weighted by Crippen LogP contribution is -2.22. The van der Waals surface area contributed by atoms with Crippen LogP contribution in [0.5, 0.6) is 0 Å². The van der Waals surface area contributed by atoms with Gasteiger partial charge >= 0.3 is 5.97 Å². The van der Waals surface area contributed by atoms with E-state index < -0.39 is 11.9 Å². The fourth-order valence-electron chi connectivity index (χ4n) is 2.55. The molecule has 6 nitrogen and oxygen atoms in total. The lowest BCUT2D eigenvalue weighted by Gasteiger charge is -2.13. The highest BCUT2D eigenvalue weighted by molar-refractivity contribution is 6.40. The average molecular weight is 344 g/mol. The molecular weight excluding hydrogens is 330 g/mol. The maximum absolute atomic E-state index is 12.7. The quantitative estimate of drug-likeness (QED) is 0.739. The zero-order valence-electron chi connectivity index (χ0n) is 12.8. The van der Waals surface area contributed by atoms with E-state index in [2.05, 4.69) is 5.10 Å². The number of hydrogen-bond donors (Lipinski definition) is 1. The van der Waals surface area contributed by atoms with Crippen LogP contribution in [0.3, 0.4) is 0 Å². The summed E-state index contributed by atoms with van der Waals surface area (Å²) in [4.78, 5) is 23.5. The SMILES string of the molecule is Cn1nc(C(=O)N(Cl)c2cccc(CC(=O)O)c2)c2ccccc21. The number of carboxylic acid groups (broad SMARTS) is 1. The van der Waals surface area contributed by atoms with Crippen molar-refractivity contribution in [2.75, 3.05) is 4.42 Å². The number of carbonyl (C=O) groups excluding carboxylic acids is 1. The third-order valence-corrected chi connectivity index (χ3v) is 3.98. The lowest BCUT2D eigenvalue weighted by atomic mass is 10.1. The van der Waals surface area contributed by atoms with Crippen LogP contribution in [0, 0.1) is 0 Å². The molecule has 0 unspecified atom stereocenters. The highest BCUT2D eigenvalue weighted by atomic mass is 35.5. The largest absolute Gasteiger partial charge is 0.481 e. The van der Waals surface area contributed by atoms with Crippen LogP contribution in [0.25, 0.3) is 10.9 Å². The van der Waals surface area contributed by atoms with E-state index in [0.29, 0.717) is 16.6 Å². The minimum atomic E-state index is -0.949. The average Bonchev–Trinajstić information content (AvgIpc) is 2.90. The van der Waals surface area contributed by atoms with Gasteiger partial charge in [0.2, 0.25) is 0 Å². The van der Waals surface area contributed by atoms with Crippen molar-refractivity contribution >= 4 is 40.2 Å². The number of para-hydroxylation sites is 1. The second-order valence-corrected chi connectivity index (χ2v) is 5.65. The third-order valence-electron chi connectivity index (χ3n) is 3.63. The van der Waals surface area contributed by atoms with Crippen LogP contribution in [0.15, 0.2) is 48.5 Å². The molecule has 1 aromatic heterocycles. The summed E-state index contributed by atoms with van der Waals surface area (Å²) < 4.78 is 2.58. The molecule has 3 aromatic rings. The highest BCUT2D eigenvalue weighted by Crippen LogP contribution is 2.24. The number of carboxylic acids is 1. The van der Waals surface area contributed by atoms with Gasteiger partial charge in [-0.3, -0.25) is 14.3 Å². The number of nitrogens with zero attached hydrogens (tertiary/aromatic N) is 3. The van der Waals surface area contributed by atoms with Crippen molar-refractivity contribution in [3.05, 3.63) is 59.8 Å². The van der Waals surface area contributed by atoms with Gasteiger partial charge in [-0.25, -0.2) is 4.42 Å². The maximum atomic E-state index is 12.7. The van der Waals surface area contributed by atoms with Crippen LogP contribution in [0.4, 0.5) is 5.69 Å². The number of benzene rings is 2. The van der Waals surface area contributed by atoms with Gasteiger partial charge in [0, 0.05) is 24.2 Å². The Morgan fingerprint density at radius 2 is 1.96 bits per heavy atom. The van der Waals surface area contributed by atoms with E-state index in [-0.39, 0.29) is 12.1 Å². The van der Waals surface area contributed by atoms with E-state index in [4.69, 9.17) is 16.9 Å². The molecule has 3 rings (SSSR count). The number of carbonyl (C=O) groups is 2. The number of aryl methyl sites for hydroxylation is 1. The van der Waals surface area contributed by atoms with E-state index >= 15 is 0 Å². The van der Waals surface area contributed by atoms with Crippen LogP contribution in [-0.4, -0.2) is 26.8 Å². The Morgan fingerprint density at radius 3 is 2.71 bits per heavy atom. The molecule has 24 heavy (non-hydrogen) atoms. The number of halogens is 1. The van der Waals surface area contributed by atoms with Crippen LogP contribution >= 0.6 is 11.8 Å². The Balaban J connectivity index is 1.96. The van der Waals surface area contributed by atoms with Gasteiger partial charge in [0.15, 0.2) is 5.69 Å². The van der Waals surface area contributed by atoms with Crippen molar-refractivity contribution in [2.24, 2.45) is 7.05 Å². The van der Waals surface area contributed by atoms with E-state index in [1.807, 2.05) is 18.2 Å². The molecule has 0 aliphatic carbocycles. The highest BCUT2D eigenvalue weighted by Gasteiger charge is 2.22. The minimum Gasteiger partial charge on any atom is -0.481 e. The fourth-order valence-corrected chi connectivity index (χ4v) is 2.73. The summed E-state index contributed by atoms with van der Waals surface area (Å²) >= 11 is 6.20. The van der Waals surface area contributed by atoms with Crippen molar-refractivity contribution in [2.45, 2.75) is 6.42 Å². The van der Waals surface area contributed by atoms with Gasteiger partial charge in [-0.2, -0.15) is 5.10 Å². The first kappa shape index (κ1) is 16.0. The van der Waals surface area contributed by atoms with E-state index in [1.54, 1.807) is 42.1 Å². The van der Waals surface area contributed by atoms with Gasteiger partial charge in [-0.15, -0.1) is 0 Å². The smallest absolute Gasteiger partial charge is 0.307 e. The number of rotatable bonds is 4. The van der Waals surface area contributed by atoms with Gasteiger partial charge in [-0.1, -0.05) is 30.3 Å². The Labute approximate surface area is 143 Å². The van der Waals surface area contributed by atoms with Gasteiger partial charge in [0.05, 0.1) is 17.6 Å². The second kappa shape index (κ2) is 6.33. The first-order valence-corrected chi connectivity index (χ1v) is 7.54. The lowest BCUT2D eigenvalue weighted by molar-refractivity contribution is -0.136. The monoisotopic (exact) mass is 343 g/mol. The van der Waals surface area contributed by atoms with Crippen molar-refractivity contribution in [3.63, 3.8) is 0 Å². The van der Waals surface area contributed by atoms with Crippen molar-refractivity contribution in [1.82, 2.24) is 9.78 Å². The Morgan fingerprint density at radius 1 is 1.21 bits per heavy atom. The zero-order valence-corrected chi connectivity index (χ0v) is 13.6. The van der Waals surface area contributed by atoms with Crippen molar-refractivity contribution in [3.8, 4) is 0 Å². The molecule has 0 saturated carbocycles. The molecule has 0 radical (unpaired) electrons. The van der Waals surface area contributed by atoms with Crippen LogP contribution in [-0.2, 0) is 18.3 Å². The summed E-state index contributed by atoms with van der Waals surface area (Å²) in [6, 6.07) is 13.9. The second-order valence-electron chi connectivity index (χ2n) is 5.32. The van der Waals surface area contributed by atoms with Crippen LogP contribution in [0.1, 0.15) is 16.1 Å². The first-order valence-electron chi connectivity index (χ1n) is 7.20. The predicted octanol–water partition coefficient (Wildman–Crippen LogP) is 3.00. The number of aliphatic carboxylic acids is 1. The van der Waals surface area contributed by atoms with Crippen molar-refractivity contribution < 1.29 is 14.7 Å². The van der Waals surface area contributed by atoms with E-state index in [0.717, 1.165) is 9.94 Å². The van der Waals surface area contributed by atoms with Gasteiger partial charge < -0.3 is 5.11 Å². The molecule has 0 aliphatic heterocycles. The van der Waals surface area contributed by atoms with Gasteiger partial charge in [0.25, 0.3) is 5.91 Å². The molecule has 0 aliphatic rings. The third kappa shape index (κ3) is 2.96. The number of hydrogen-bond acceptors (Lipinski definition) is 3. The molecule has 1 amide bonds. The Kier molecular flexibility index (Phi) is 4.22. The molecule has 1 heterocycles. The normalized spacial score (nSPS) is 10.8. The summed E-state index contributed by atoms with van der Waals surface area (Å²) in [6.07, 6.45) is -0.140. The summed E-state index contributed by atoms with van der Waals surface area (Å²) in [6.45, 7) is 0. The molecule has 0 atom stereocenters. The van der Waals surface area contributed by atoms with Gasteiger partial charge in [0.1, 0.15) is 0 Å². The van der Waals surface area contributed by atoms with E-state index in [9.17, 15) is 9.59 Å². The number of fused-ring (bicyclic) bond motifs is 1. The van der Waals surface area contributed by atoms with Crippen LogP contribution in [0.2, 0.25) is 0 Å².